The van der Waals surface area contributed by atoms with Crippen molar-refractivity contribution in [3.05, 3.63) is 85.0 Å². The number of nitrogens with zero attached hydrogens (tertiary/aromatic N) is 1. The van der Waals surface area contributed by atoms with Crippen LogP contribution in [0.4, 0.5) is 5.69 Å². The lowest BCUT2D eigenvalue weighted by molar-refractivity contribution is -0.385. The second-order valence-electron chi connectivity index (χ2n) is 3.38. The molecule has 0 aromatic heterocycles. The third kappa shape index (κ3) is 30.4. The molecule has 0 heterocycles. The monoisotopic (exact) mass is 307 g/mol. The van der Waals surface area contributed by atoms with Crippen LogP contribution >= 0.6 is 0 Å². The number of nitro benzene ring substituents is 1. The molecule has 1 aromatic carbocycles. The molecule has 0 spiro atoms. The van der Waals surface area contributed by atoms with Crippen molar-refractivity contribution >= 4 is 5.69 Å². The predicted octanol–water partition coefficient (Wildman–Crippen LogP) is 6.07. The lowest BCUT2D eigenvalue weighted by atomic mass is 10.3. The lowest BCUT2D eigenvalue weighted by Gasteiger charge is -1.91. The molecule has 0 fully saturated rings. The van der Waals surface area contributed by atoms with Crippen LogP contribution in [-0.4, -0.2) is 10.0 Å². The van der Waals surface area contributed by atoms with Crippen molar-refractivity contribution in [2.75, 3.05) is 0 Å². The Bertz CT molecular complexity index is 389. The molecule has 0 radical (unpaired) electrons. The number of phenols is 1. The SMILES string of the molecule is C=CC.C=CC.C=CC.C=CC.O=[N+]([O-])c1ccccc1O. The summed E-state index contributed by atoms with van der Waals surface area (Å²) in [6.07, 6.45) is 7.00. The summed E-state index contributed by atoms with van der Waals surface area (Å²) in [7, 11) is 0. The normalized spacial score (nSPS) is 6.55. The van der Waals surface area contributed by atoms with E-state index in [0.29, 0.717) is 0 Å². The Balaban J connectivity index is -0.000000113. The first-order chi connectivity index (χ1) is 10.4. The highest BCUT2D eigenvalue weighted by Gasteiger charge is 2.09. The first-order valence-electron chi connectivity index (χ1n) is 6.58. The van der Waals surface area contributed by atoms with E-state index in [-0.39, 0.29) is 11.4 Å². The van der Waals surface area contributed by atoms with E-state index < -0.39 is 4.92 Å². The topological polar surface area (TPSA) is 63.4 Å². The van der Waals surface area contributed by atoms with Crippen molar-refractivity contribution < 1.29 is 10.0 Å². The van der Waals surface area contributed by atoms with Gasteiger partial charge in [-0.15, -0.1) is 26.3 Å². The Kier molecular flexibility index (Phi) is 33.8. The molecule has 0 amide bonds. The van der Waals surface area contributed by atoms with Crippen molar-refractivity contribution in [2.45, 2.75) is 27.7 Å². The summed E-state index contributed by atoms with van der Waals surface area (Å²) in [5.41, 5.74) is -0.262. The zero-order valence-corrected chi connectivity index (χ0v) is 14.2. The van der Waals surface area contributed by atoms with Gasteiger partial charge >= 0.3 is 5.69 Å². The molecule has 0 bridgehead atoms. The van der Waals surface area contributed by atoms with Crippen LogP contribution in [0.25, 0.3) is 0 Å². The second-order valence-corrected chi connectivity index (χ2v) is 3.38. The summed E-state index contributed by atoms with van der Waals surface area (Å²) in [4.78, 5) is 9.44. The Morgan fingerprint density at radius 2 is 1.18 bits per heavy atom. The molecule has 0 saturated heterocycles. The molecule has 4 heteroatoms. The van der Waals surface area contributed by atoms with Gasteiger partial charge in [0.1, 0.15) is 0 Å². The van der Waals surface area contributed by atoms with Crippen LogP contribution in [0.2, 0.25) is 0 Å². The highest BCUT2D eigenvalue weighted by Crippen LogP contribution is 2.23. The molecule has 124 valence electrons. The molecule has 4 nitrogen and oxygen atoms in total. The Hall–Kier alpha value is -2.62. The van der Waals surface area contributed by atoms with Gasteiger partial charge in [-0.1, -0.05) is 36.4 Å². The molecule has 0 saturated carbocycles. The van der Waals surface area contributed by atoms with Crippen LogP contribution in [0.15, 0.2) is 74.9 Å². The predicted molar refractivity (Wildman–Crippen MR) is 98.2 cm³/mol. The summed E-state index contributed by atoms with van der Waals surface area (Å²) >= 11 is 0. The standard InChI is InChI=1S/C6H5NO3.4C3H6/c8-6-4-2-1-3-5(6)7(9)10;4*1-3-2/h1-4,8H;4*3H,1H2,2H3. The van der Waals surface area contributed by atoms with E-state index in [2.05, 4.69) is 26.3 Å². The van der Waals surface area contributed by atoms with Crippen molar-refractivity contribution in [3.8, 4) is 5.75 Å². The van der Waals surface area contributed by atoms with Crippen LogP contribution < -0.4 is 0 Å². The Morgan fingerprint density at radius 1 is 0.909 bits per heavy atom. The van der Waals surface area contributed by atoms with E-state index in [1.165, 1.54) is 24.3 Å². The fraction of sp³-hybridized carbons (Fsp3) is 0.222. The number of allylic oxidation sites excluding steroid dienone is 4. The van der Waals surface area contributed by atoms with Crippen LogP contribution in [0.1, 0.15) is 27.7 Å². The van der Waals surface area contributed by atoms with Crippen molar-refractivity contribution in [1.82, 2.24) is 0 Å². The van der Waals surface area contributed by atoms with Crippen LogP contribution in [0.3, 0.4) is 0 Å². The maximum absolute atomic E-state index is 10.1. The molecular weight excluding hydrogens is 278 g/mol. The van der Waals surface area contributed by atoms with Gasteiger partial charge in [-0.05, 0) is 33.8 Å². The molecule has 1 rings (SSSR count). The molecule has 0 aliphatic carbocycles. The van der Waals surface area contributed by atoms with Gasteiger partial charge < -0.3 is 5.11 Å². The first-order valence-corrected chi connectivity index (χ1v) is 6.58. The minimum Gasteiger partial charge on any atom is -0.502 e. The molecule has 0 atom stereocenters. The van der Waals surface area contributed by atoms with Gasteiger partial charge in [-0.2, -0.15) is 0 Å². The van der Waals surface area contributed by atoms with Gasteiger partial charge in [0.05, 0.1) is 4.92 Å². The Morgan fingerprint density at radius 3 is 1.36 bits per heavy atom. The van der Waals surface area contributed by atoms with Gasteiger partial charge in [-0.25, -0.2) is 0 Å². The van der Waals surface area contributed by atoms with E-state index in [9.17, 15) is 10.1 Å². The number of phenolic OH excluding ortho intramolecular Hbond substituents is 1. The number of benzene rings is 1. The molecule has 22 heavy (non-hydrogen) atoms. The summed E-state index contributed by atoms with van der Waals surface area (Å²) < 4.78 is 0. The van der Waals surface area contributed by atoms with E-state index >= 15 is 0 Å². The van der Waals surface area contributed by atoms with Crippen LogP contribution in [-0.2, 0) is 0 Å². The minimum absolute atomic E-state index is 0.262. The van der Waals surface area contributed by atoms with Crippen molar-refractivity contribution in [1.29, 1.82) is 0 Å². The van der Waals surface area contributed by atoms with Gasteiger partial charge in [0.25, 0.3) is 0 Å². The quantitative estimate of drug-likeness (QED) is 0.389. The number of rotatable bonds is 1. The summed E-state index contributed by atoms with van der Waals surface area (Å²) in [5, 5.41) is 18.9. The average Bonchev–Trinajstić information content (AvgIpc) is 2.42. The van der Waals surface area contributed by atoms with E-state index in [0.717, 1.165) is 0 Å². The molecular formula is C18H29NO3. The Labute approximate surface area is 135 Å². The van der Waals surface area contributed by atoms with Gasteiger partial charge in [-0.3, -0.25) is 10.1 Å². The highest BCUT2D eigenvalue weighted by atomic mass is 16.6. The third-order valence-electron chi connectivity index (χ3n) is 1.08. The second kappa shape index (κ2) is 26.8. The van der Waals surface area contributed by atoms with E-state index in [1.807, 2.05) is 27.7 Å². The zero-order valence-electron chi connectivity index (χ0n) is 14.2. The first kappa shape index (κ1) is 27.7. The smallest absolute Gasteiger partial charge is 0.310 e. The zero-order chi connectivity index (χ0) is 18.4. The fourth-order valence-electron chi connectivity index (χ4n) is 0.619. The van der Waals surface area contributed by atoms with Gasteiger partial charge in [0.15, 0.2) is 5.75 Å². The number of aromatic hydroxyl groups is 1. The summed E-state index contributed by atoms with van der Waals surface area (Å²) in [6, 6.07) is 5.55. The van der Waals surface area contributed by atoms with Crippen molar-refractivity contribution in [2.24, 2.45) is 0 Å². The maximum atomic E-state index is 10.1. The fourth-order valence-corrected chi connectivity index (χ4v) is 0.619. The lowest BCUT2D eigenvalue weighted by Crippen LogP contribution is -1.86. The van der Waals surface area contributed by atoms with Crippen molar-refractivity contribution in [3.63, 3.8) is 0 Å². The number of hydrogen-bond donors (Lipinski definition) is 1. The van der Waals surface area contributed by atoms with Crippen LogP contribution in [0, 0.1) is 10.1 Å². The highest BCUT2D eigenvalue weighted by molar-refractivity contribution is 5.44. The molecule has 0 aliphatic rings. The third-order valence-corrected chi connectivity index (χ3v) is 1.08. The van der Waals surface area contributed by atoms with E-state index in [1.54, 1.807) is 24.3 Å². The van der Waals surface area contributed by atoms with Gasteiger partial charge in [0.2, 0.25) is 0 Å². The van der Waals surface area contributed by atoms with Crippen LogP contribution in [0.5, 0.6) is 5.75 Å². The number of nitro groups is 1. The molecule has 0 aliphatic heterocycles. The summed E-state index contributed by atoms with van der Waals surface area (Å²) in [5.74, 6) is -0.299. The minimum atomic E-state index is -0.630. The molecule has 1 N–H and O–H groups in total. The summed E-state index contributed by atoms with van der Waals surface area (Å²) in [6.45, 7) is 21.0. The number of hydrogen-bond acceptors (Lipinski definition) is 3. The molecule has 1 aromatic rings. The van der Waals surface area contributed by atoms with E-state index in [4.69, 9.17) is 5.11 Å². The maximum Gasteiger partial charge on any atom is 0.310 e. The van der Waals surface area contributed by atoms with Gasteiger partial charge in [0, 0.05) is 6.07 Å². The largest absolute Gasteiger partial charge is 0.502 e. The average molecular weight is 307 g/mol. The molecule has 0 unspecified atom stereocenters. The number of para-hydroxylation sites is 2.